The normalized spacial score (nSPS) is 15.8. The van der Waals surface area contributed by atoms with Crippen molar-refractivity contribution in [3.05, 3.63) is 29.3 Å². The van der Waals surface area contributed by atoms with Gasteiger partial charge in [-0.15, -0.1) is 0 Å². The van der Waals surface area contributed by atoms with Gasteiger partial charge in [-0.2, -0.15) is 4.31 Å². The number of methoxy groups -OCH3 is 1. The lowest BCUT2D eigenvalue weighted by Crippen LogP contribution is -2.41. The van der Waals surface area contributed by atoms with Crippen molar-refractivity contribution in [1.82, 2.24) is 9.21 Å². The summed E-state index contributed by atoms with van der Waals surface area (Å²) >= 11 is 0. The molecule has 0 saturated carbocycles. The molecular weight excluding hydrogens is 356 g/mol. The van der Waals surface area contributed by atoms with Crippen LogP contribution >= 0.6 is 0 Å². The van der Waals surface area contributed by atoms with E-state index in [0.717, 1.165) is 12.0 Å². The molecule has 26 heavy (non-hydrogen) atoms. The molecule has 1 aliphatic rings. The second-order valence-electron chi connectivity index (χ2n) is 6.27. The van der Waals surface area contributed by atoms with E-state index in [-0.39, 0.29) is 10.8 Å². The first-order chi connectivity index (χ1) is 12.4. The lowest BCUT2D eigenvalue weighted by Gasteiger charge is -2.27. The molecule has 0 aromatic heterocycles. The van der Waals surface area contributed by atoms with Crippen molar-refractivity contribution < 1.29 is 22.7 Å². The largest absolute Gasteiger partial charge is 0.385 e. The summed E-state index contributed by atoms with van der Waals surface area (Å²) in [5.41, 5.74) is 1.10. The number of carbonyl (C=O) groups is 1. The highest BCUT2D eigenvalue weighted by atomic mass is 32.2. The summed E-state index contributed by atoms with van der Waals surface area (Å²) in [4.78, 5) is 14.5. The highest BCUT2D eigenvalue weighted by Crippen LogP contribution is 2.24. The van der Waals surface area contributed by atoms with Crippen molar-refractivity contribution in [2.24, 2.45) is 0 Å². The fraction of sp³-hybridized carbons (Fsp3) is 0.611. The summed E-state index contributed by atoms with van der Waals surface area (Å²) < 4.78 is 37.8. The van der Waals surface area contributed by atoms with E-state index >= 15 is 0 Å². The maximum absolute atomic E-state index is 13.1. The maximum atomic E-state index is 13.1. The van der Waals surface area contributed by atoms with E-state index in [0.29, 0.717) is 51.4 Å². The van der Waals surface area contributed by atoms with Crippen LogP contribution in [0.3, 0.4) is 0 Å². The molecule has 1 saturated heterocycles. The first-order valence-corrected chi connectivity index (χ1v) is 10.3. The Bertz CT molecular complexity index is 714. The molecule has 0 radical (unpaired) electrons. The minimum atomic E-state index is -3.64. The number of benzene rings is 1. The predicted molar refractivity (Wildman–Crippen MR) is 98.9 cm³/mol. The molecule has 1 amide bonds. The lowest BCUT2D eigenvalue weighted by atomic mass is 10.1. The molecule has 1 aromatic carbocycles. The van der Waals surface area contributed by atoms with E-state index in [9.17, 15) is 13.2 Å². The number of aryl methyl sites for hydroxylation is 1. The van der Waals surface area contributed by atoms with Crippen LogP contribution in [0.4, 0.5) is 0 Å². The molecule has 0 atom stereocenters. The van der Waals surface area contributed by atoms with Gasteiger partial charge in [0.1, 0.15) is 0 Å². The number of hydrogen-bond donors (Lipinski definition) is 0. The van der Waals surface area contributed by atoms with Crippen molar-refractivity contribution >= 4 is 15.9 Å². The number of nitrogens with zero attached hydrogens (tertiary/aromatic N) is 2. The summed E-state index contributed by atoms with van der Waals surface area (Å²) in [7, 11) is -0.316. The van der Waals surface area contributed by atoms with Gasteiger partial charge in [0.25, 0.3) is 5.91 Å². The van der Waals surface area contributed by atoms with E-state index < -0.39 is 10.0 Å². The molecule has 0 aliphatic carbocycles. The Hall–Kier alpha value is -1.48. The fourth-order valence-electron chi connectivity index (χ4n) is 2.91. The van der Waals surface area contributed by atoms with Crippen LogP contribution in [0, 0.1) is 0 Å². The molecule has 8 heteroatoms. The van der Waals surface area contributed by atoms with E-state index in [2.05, 4.69) is 0 Å². The van der Waals surface area contributed by atoms with Gasteiger partial charge in [-0.3, -0.25) is 4.79 Å². The first-order valence-electron chi connectivity index (χ1n) is 8.87. The van der Waals surface area contributed by atoms with Crippen molar-refractivity contribution in [3.63, 3.8) is 0 Å². The van der Waals surface area contributed by atoms with E-state index in [1.165, 1.54) is 10.4 Å². The Kier molecular flexibility index (Phi) is 7.57. The highest BCUT2D eigenvalue weighted by molar-refractivity contribution is 7.89. The number of morpholine rings is 1. The van der Waals surface area contributed by atoms with Gasteiger partial charge in [-0.1, -0.05) is 13.0 Å². The zero-order valence-electron chi connectivity index (χ0n) is 15.7. The molecule has 1 aliphatic heterocycles. The van der Waals surface area contributed by atoms with Crippen LogP contribution < -0.4 is 0 Å². The summed E-state index contributed by atoms with van der Waals surface area (Å²) in [5, 5.41) is 0. The van der Waals surface area contributed by atoms with Crippen LogP contribution in [0.25, 0.3) is 0 Å². The average Bonchev–Trinajstić information content (AvgIpc) is 2.67. The molecule has 0 unspecified atom stereocenters. The van der Waals surface area contributed by atoms with E-state index in [1.54, 1.807) is 31.2 Å². The summed E-state index contributed by atoms with van der Waals surface area (Å²) in [6.07, 6.45) is 1.31. The molecule has 0 spiro atoms. The zero-order chi connectivity index (χ0) is 19.2. The number of hydrogen-bond acceptors (Lipinski definition) is 5. The number of amides is 1. The Morgan fingerprint density at radius 1 is 1.31 bits per heavy atom. The smallest absolute Gasteiger partial charge is 0.253 e. The summed E-state index contributed by atoms with van der Waals surface area (Å²) in [5.74, 6) is -0.192. The van der Waals surface area contributed by atoms with Crippen molar-refractivity contribution in [2.45, 2.75) is 24.7 Å². The van der Waals surface area contributed by atoms with Crippen LogP contribution in [-0.4, -0.2) is 77.1 Å². The van der Waals surface area contributed by atoms with Gasteiger partial charge in [-0.05, 0) is 30.5 Å². The van der Waals surface area contributed by atoms with Crippen molar-refractivity contribution in [2.75, 3.05) is 53.6 Å². The Morgan fingerprint density at radius 2 is 2.00 bits per heavy atom. The molecular formula is C18H28N2O5S. The molecule has 146 valence electrons. The minimum absolute atomic E-state index is 0.192. The average molecular weight is 384 g/mol. The van der Waals surface area contributed by atoms with E-state index in [4.69, 9.17) is 9.47 Å². The topological polar surface area (TPSA) is 76.2 Å². The van der Waals surface area contributed by atoms with Gasteiger partial charge in [0, 0.05) is 46.0 Å². The summed E-state index contributed by atoms with van der Waals surface area (Å²) in [6, 6.07) is 4.95. The molecule has 1 aromatic rings. The standard InChI is InChI=1S/C18H28N2O5S/c1-4-15-6-7-16(18(21)19(2)8-5-11-24-3)14-17(15)26(22,23)20-9-12-25-13-10-20/h6-7,14H,4-5,8-13H2,1-3H3. The Labute approximate surface area is 155 Å². The third kappa shape index (κ3) is 4.82. The quantitative estimate of drug-likeness (QED) is 0.633. The third-order valence-corrected chi connectivity index (χ3v) is 6.45. The van der Waals surface area contributed by atoms with Crippen molar-refractivity contribution in [1.29, 1.82) is 0 Å². The number of rotatable bonds is 8. The van der Waals surface area contributed by atoms with Crippen LogP contribution in [0.15, 0.2) is 23.1 Å². The molecule has 7 nitrogen and oxygen atoms in total. The molecule has 1 fully saturated rings. The van der Waals surface area contributed by atoms with Gasteiger partial charge >= 0.3 is 0 Å². The van der Waals surface area contributed by atoms with Gasteiger partial charge in [-0.25, -0.2) is 8.42 Å². The SMILES string of the molecule is CCc1ccc(C(=O)N(C)CCCOC)cc1S(=O)(=O)N1CCOCC1. The molecule has 1 heterocycles. The molecule has 0 N–H and O–H groups in total. The van der Waals surface area contributed by atoms with Gasteiger partial charge in [0.15, 0.2) is 0 Å². The Balaban J connectivity index is 2.29. The van der Waals surface area contributed by atoms with Crippen molar-refractivity contribution in [3.8, 4) is 0 Å². The van der Waals surface area contributed by atoms with E-state index in [1.807, 2.05) is 6.92 Å². The lowest BCUT2D eigenvalue weighted by molar-refractivity contribution is 0.0729. The van der Waals surface area contributed by atoms with Gasteiger partial charge in [0.2, 0.25) is 10.0 Å². The highest BCUT2D eigenvalue weighted by Gasteiger charge is 2.29. The van der Waals surface area contributed by atoms with Gasteiger partial charge in [0.05, 0.1) is 18.1 Å². The number of sulfonamides is 1. The van der Waals surface area contributed by atoms with Crippen LogP contribution in [0.1, 0.15) is 29.3 Å². The first kappa shape index (κ1) is 20.8. The molecule has 2 rings (SSSR count). The minimum Gasteiger partial charge on any atom is -0.385 e. The second-order valence-corrected chi connectivity index (χ2v) is 8.17. The van der Waals surface area contributed by atoms with Crippen LogP contribution in [-0.2, 0) is 25.9 Å². The predicted octanol–water partition coefficient (Wildman–Crippen LogP) is 1.38. The third-order valence-electron chi connectivity index (χ3n) is 4.47. The number of ether oxygens (including phenoxy) is 2. The number of carbonyl (C=O) groups excluding carboxylic acids is 1. The fourth-order valence-corrected chi connectivity index (χ4v) is 4.64. The Morgan fingerprint density at radius 3 is 2.62 bits per heavy atom. The van der Waals surface area contributed by atoms with Crippen LogP contribution in [0.5, 0.6) is 0 Å². The second kappa shape index (κ2) is 9.45. The maximum Gasteiger partial charge on any atom is 0.253 e. The molecule has 0 bridgehead atoms. The monoisotopic (exact) mass is 384 g/mol. The van der Waals surface area contributed by atoms with Crippen LogP contribution in [0.2, 0.25) is 0 Å². The summed E-state index contributed by atoms with van der Waals surface area (Å²) in [6.45, 7) is 4.48. The van der Waals surface area contributed by atoms with Gasteiger partial charge < -0.3 is 14.4 Å². The zero-order valence-corrected chi connectivity index (χ0v) is 16.5.